The minimum Gasteiger partial charge on any atom is -0.793 e. The molecule has 7 aromatic carbocycles. The normalized spacial score (nSPS) is 19.8. The van der Waals surface area contributed by atoms with Gasteiger partial charge in [0.25, 0.3) is 0 Å². The molecule has 4 amide bonds. The van der Waals surface area contributed by atoms with Crippen LogP contribution in [-0.2, 0) is 101 Å². The largest absolute Gasteiger partial charge is 1.00 e. The number of ether oxygens (including phenoxy) is 4. The van der Waals surface area contributed by atoms with Crippen LogP contribution in [0.1, 0.15) is 169 Å². The van der Waals surface area contributed by atoms with E-state index < -0.39 is 64.3 Å². The third-order valence-corrected chi connectivity index (χ3v) is 23.5. The fraction of sp³-hybridized carbons (Fsp3) is 0.514. The van der Waals surface area contributed by atoms with Crippen LogP contribution in [0.5, 0.6) is 0 Å². The molecule has 3 N–H and O–H groups in total. The Balaban J connectivity index is 0.000000348. The van der Waals surface area contributed by atoms with Crippen LogP contribution >= 0.6 is 23.4 Å². The van der Waals surface area contributed by atoms with E-state index in [1.54, 1.807) is 42.3 Å². The molecular weight excluding hydrogens is 1800 g/mol. The summed E-state index contributed by atoms with van der Waals surface area (Å²) in [4.78, 5) is 132. The minimum atomic E-state index is -0.855. The molecule has 10 atom stereocenters. The van der Waals surface area contributed by atoms with Crippen molar-refractivity contribution in [3.63, 3.8) is 0 Å². The second kappa shape index (κ2) is 61.0. The number of aliphatic hydroxyl groups excluding tert-OH is 1. The molecule has 6 aliphatic rings. The average Bonchev–Trinajstić information content (AvgIpc) is 1.66. The number of nitrogens with zero attached hydrogens (tertiary/aromatic N) is 6. The Hall–Kier alpha value is -9.87. The molecule has 0 spiro atoms. The van der Waals surface area contributed by atoms with Crippen LogP contribution in [0.25, 0.3) is 0 Å². The van der Waals surface area contributed by atoms with Gasteiger partial charge in [-0.3, -0.25) is 19.3 Å². The van der Waals surface area contributed by atoms with Gasteiger partial charge in [-0.05, 0) is 234 Å². The molecule has 0 unspecified atom stereocenters. The van der Waals surface area contributed by atoms with Crippen LogP contribution in [-0.4, -0.2) is 236 Å². The molecule has 5 saturated heterocycles. The molecule has 1 saturated carbocycles. The molecule has 1 aliphatic carbocycles. The Bertz CT molecular complexity index is 4740. The molecule has 0 aromatic heterocycles. The Morgan fingerprint density at radius 3 is 1.03 bits per heavy atom. The SMILES string of the molecule is CC(=O)OOC(C)=O.CC(C)(C)OC(=O)N1C[C@H](CN(c2ccc(Cl)cc2)C2CCCCC2)[C@@H](Cc2ccccc2)C1.CC(C)(C)OC(=O)N1C[C@H](CO)[C@@H](Cc2ccccc2)C1.CC(C)(C)OC(=O)N1C[C@H](Cc2ccccc2)[C@@H](C(=O)O)C1.CC(C)(C)OC(=O)N1C[C@H](Cc2ccccc2)[C@@H](C=O)C1.CSC.O=C(O)[C@H]1CN(Cc2ccccc2)C[C@@H]1Cc1ccccc1.[B-]OC(C)=O.[B].[Na+]. The number of rotatable bonds is 20. The van der Waals surface area contributed by atoms with Gasteiger partial charge >= 0.3 is 77.8 Å². The van der Waals surface area contributed by atoms with Crippen molar-refractivity contribution in [3.8, 4) is 0 Å². The van der Waals surface area contributed by atoms with Crippen molar-refractivity contribution in [1.82, 2.24) is 24.5 Å². The maximum absolute atomic E-state index is 13.0. The first-order valence-corrected chi connectivity index (χ1v) is 48.9. The van der Waals surface area contributed by atoms with Crippen LogP contribution in [0.2, 0.25) is 5.02 Å². The summed E-state index contributed by atoms with van der Waals surface area (Å²) in [6, 6.07) is 70.0. The van der Waals surface area contributed by atoms with Gasteiger partial charge in [0.1, 0.15) is 28.7 Å². The van der Waals surface area contributed by atoms with Crippen LogP contribution in [0.3, 0.4) is 0 Å². The zero-order chi connectivity index (χ0) is 100. The minimum absolute atomic E-state index is 0. The first-order chi connectivity index (χ1) is 64.3. The van der Waals surface area contributed by atoms with Gasteiger partial charge in [-0.25, -0.2) is 38.5 Å². The third-order valence-electron chi connectivity index (χ3n) is 23.3. The number of benzene rings is 7. The van der Waals surface area contributed by atoms with Crippen LogP contribution < -0.4 is 34.5 Å². The summed E-state index contributed by atoms with van der Waals surface area (Å²) in [5.74, 6) is -2.77. The number of halogens is 1. The number of hydrogen-bond acceptors (Lipinski definition) is 21. The quantitative estimate of drug-likeness (QED) is 0.0210. The van der Waals surface area contributed by atoms with Crippen LogP contribution in [0.15, 0.2) is 206 Å². The van der Waals surface area contributed by atoms with Gasteiger partial charge in [0, 0.05) is 143 Å². The van der Waals surface area contributed by atoms with Crippen molar-refractivity contribution in [2.24, 2.45) is 59.2 Å². The van der Waals surface area contributed by atoms with Gasteiger partial charge in [0.2, 0.25) is 5.97 Å². The zero-order valence-corrected chi connectivity index (χ0v) is 87.8. The number of carbonyl (C=O) groups excluding carboxylic acids is 8. The van der Waals surface area contributed by atoms with Crippen molar-refractivity contribution < 1.29 is 126 Å². The summed E-state index contributed by atoms with van der Waals surface area (Å²) in [6.07, 6.45) is 14.3. The van der Waals surface area contributed by atoms with Gasteiger partial charge < -0.3 is 76.3 Å². The van der Waals surface area contributed by atoms with Crippen LogP contribution in [0.4, 0.5) is 24.9 Å². The standard InChI is InChI=1S/C29H39ClN2O2.C19H21NO2.C17H23NO4.C17H25NO3.C17H23NO3.C4H6O4.C2H3BO2.C2H6S.B.Na/c1-29(2,3)34-28(33)31-19-23(18-22-10-6-4-7-11-22)24(20-31)21-32(26-12-8-5-9-13-26)27-16-14-25(30)15-17-27;21-19(22)18-14-20(12-16-9-5-2-6-10-16)13-17(18)11-15-7-3-1-4-8-15;1-17(2,3)22-16(21)18-10-13(14(11-18)15(19)20)9-12-7-5-4-6-8-12;2*1-17(2,3)21-16(20)18-10-14(15(11-18)12-19)9-13-7-5-4-6-8-13;1-3(5)7-8-4(2)6;1-2(4)5-3;1-3-2;;/h4,6-7,10-11,14-17,23-24,26H,5,8-9,12-13,18-21H2,1-3H3;1-10,17-18H,11-14H2,(H,21,22);4-8,13-14H,9-11H2,1-3H3,(H,19,20);4-8,14-15,19H,9-12H2,1-3H3;4-8,12,14-15H,9-11H2,1-3H3;1-2H3;1H3;1-2H3;;/q;;;;;;-1;;;+1/t23-,24+;17-,18-;13-,14-;2*14-,15+;;;;;/m00000...../s1. The summed E-state index contributed by atoms with van der Waals surface area (Å²) >= 11 is 7.97. The molecule has 5 aliphatic heterocycles. The van der Waals surface area contributed by atoms with E-state index in [0.717, 1.165) is 89.1 Å². The van der Waals surface area contributed by atoms with Gasteiger partial charge in [-0.1, -0.05) is 213 Å². The fourth-order valence-corrected chi connectivity index (χ4v) is 17.3. The molecule has 26 nitrogen and oxygen atoms in total. The second-order valence-corrected chi connectivity index (χ2v) is 40.7. The predicted octanol–water partition coefficient (Wildman–Crippen LogP) is 15.9. The number of amides is 4. The Kier molecular flexibility index (Phi) is 53.2. The van der Waals surface area contributed by atoms with E-state index in [9.17, 15) is 63.3 Å². The number of carboxylic acid groups (broad SMARTS) is 2. The van der Waals surface area contributed by atoms with Crippen molar-refractivity contribution in [3.05, 3.63) is 245 Å². The van der Waals surface area contributed by atoms with E-state index in [2.05, 4.69) is 123 Å². The number of likely N-dealkylation sites (tertiary alicyclic amines) is 5. The van der Waals surface area contributed by atoms with E-state index in [1.807, 2.05) is 195 Å². The molecule has 6 fully saturated rings. The van der Waals surface area contributed by atoms with Gasteiger partial charge in [0.05, 0.1) is 11.8 Å². The Labute approximate surface area is 853 Å². The number of anilines is 1. The average molecular weight is 1950 g/mol. The molecule has 138 heavy (non-hydrogen) atoms. The molecular formula is C107H146B2ClN6NaO20S. The monoisotopic (exact) mass is 1950 g/mol. The van der Waals surface area contributed by atoms with Crippen molar-refractivity contribution >= 4 is 106 Å². The topological polar surface area (TPSA) is 315 Å². The Morgan fingerprint density at radius 2 is 0.696 bits per heavy atom. The van der Waals surface area contributed by atoms with Crippen molar-refractivity contribution in [2.45, 2.75) is 203 Å². The van der Waals surface area contributed by atoms with Gasteiger partial charge in [-0.2, -0.15) is 11.8 Å². The van der Waals surface area contributed by atoms with Crippen molar-refractivity contribution in [1.29, 1.82) is 0 Å². The summed E-state index contributed by atoms with van der Waals surface area (Å²) < 4.78 is 25.5. The number of thioether (sulfide) groups is 1. The van der Waals surface area contributed by atoms with Gasteiger partial charge in [-0.15, -0.1) is 0 Å². The summed E-state index contributed by atoms with van der Waals surface area (Å²) in [6.45, 7) is 33.6. The van der Waals surface area contributed by atoms with E-state index in [-0.39, 0.29) is 111 Å². The summed E-state index contributed by atoms with van der Waals surface area (Å²) in [5.41, 5.74) is 6.51. The zero-order valence-electron chi connectivity index (χ0n) is 84.2. The fourth-order valence-electron chi connectivity index (χ4n) is 17.1. The number of aldehydes is 1. The number of hydrogen-bond donors (Lipinski definition) is 3. The number of carbonyl (C=O) groups is 10. The molecule has 0 bridgehead atoms. The maximum atomic E-state index is 13.0. The molecule has 744 valence electrons. The molecule has 13 rings (SSSR count). The second-order valence-electron chi connectivity index (χ2n) is 39.5. The predicted molar refractivity (Wildman–Crippen MR) is 539 cm³/mol. The van der Waals surface area contributed by atoms with Gasteiger partial charge in [0.15, 0.2) is 0 Å². The first-order valence-electron chi connectivity index (χ1n) is 46.9. The molecule has 6 radical (unpaired) electrons. The smallest absolute Gasteiger partial charge is 0.793 e. The third kappa shape index (κ3) is 46.0. The summed E-state index contributed by atoms with van der Waals surface area (Å²) in [5, 5.41) is 29.3. The molecule has 5 heterocycles. The Morgan fingerprint density at radius 1 is 0.406 bits per heavy atom. The first kappa shape index (κ1) is 120. The van der Waals surface area contributed by atoms with E-state index in [0.29, 0.717) is 63.6 Å². The maximum Gasteiger partial charge on any atom is 1.00 e. The van der Waals surface area contributed by atoms with E-state index in [4.69, 9.17) is 30.5 Å². The number of aliphatic hydroxyl groups is 1. The van der Waals surface area contributed by atoms with E-state index in [1.165, 1.54) is 77.4 Å². The van der Waals surface area contributed by atoms with Crippen molar-refractivity contribution in [2.75, 3.05) is 96.0 Å². The van der Waals surface area contributed by atoms with Crippen LogP contribution in [0, 0.1) is 59.2 Å². The molecule has 31 heteroatoms. The molecule has 7 aromatic rings. The number of carboxylic acids is 2. The summed E-state index contributed by atoms with van der Waals surface area (Å²) in [7, 11) is 4.32. The number of aliphatic carboxylic acids is 2. The van der Waals surface area contributed by atoms with E-state index >= 15 is 0 Å².